The third kappa shape index (κ3) is 2.29. The van der Waals surface area contributed by atoms with Crippen molar-refractivity contribution in [2.24, 2.45) is 0 Å². The van der Waals surface area contributed by atoms with Gasteiger partial charge in [0.2, 0.25) is 0 Å². The van der Waals surface area contributed by atoms with E-state index in [1.807, 2.05) is 0 Å². The predicted octanol–water partition coefficient (Wildman–Crippen LogP) is 1.17. The highest BCUT2D eigenvalue weighted by molar-refractivity contribution is 6.58. The molecule has 0 fully saturated rings. The average Bonchev–Trinajstić information content (AvgIpc) is 2.29. The molecule has 80 valence electrons. The first-order valence-electron chi connectivity index (χ1n) is 4.89. The molecule has 0 aliphatic rings. The van der Waals surface area contributed by atoms with Crippen LogP contribution in [0.2, 0.25) is 0 Å². The van der Waals surface area contributed by atoms with E-state index in [9.17, 15) is 4.39 Å². The average molecular weight is 216 g/mol. The second-order valence-electron chi connectivity index (χ2n) is 3.51. The van der Waals surface area contributed by atoms with Gasteiger partial charge in [-0.3, -0.25) is 0 Å². The first-order valence-corrected chi connectivity index (χ1v) is 4.89. The molecule has 0 heterocycles. The second kappa shape index (κ2) is 4.47. The molecule has 2 rings (SSSR count). The minimum Gasteiger partial charge on any atom is -0.423 e. The summed E-state index contributed by atoms with van der Waals surface area (Å²) in [6.07, 6.45) is 0. The predicted molar refractivity (Wildman–Crippen MR) is 61.7 cm³/mol. The van der Waals surface area contributed by atoms with E-state index in [1.165, 1.54) is 12.1 Å². The zero-order valence-electron chi connectivity index (χ0n) is 8.47. The maximum Gasteiger partial charge on any atom is 0.488 e. The minimum atomic E-state index is -1.47. The van der Waals surface area contributed by atoms with E-state index in [1.54, 1.807) is 36.4 Å². The molecule has 0 amide bonds. The van der Waals surface area contributed by atoms with Crippen molar-refractivity contribution in [1.29, 1.82) is 0 Å². The fourth-order valence-electron chi connectivity index (χ4n) is 1.52. The fourth-order valence-corrected chi connectivity index (χ4v) is 1.52. The molecule has 0 unspecified atom stereocenters. The molecular formula is C12H10BFO2. The highest BCUT2D eigenvalue weighted by Gasteiger charge is 2.10. The summed E-state index contributed by atoms with van der Waals surface area (Å²) in [4.78, 5) is 0. The molecule has 16 heavy (non-hydrogen) atoms. The Morgan fingerprint density at radius 1 is 0.875 bits per heavy atom. The van der Waals surface area contributed by atoms with Crippen LogP contribution in [0.25, 0.3) is 11.1 Å². The van der Waals surface area contributed by atoms with Gasteiger partial charge in [0.05, 0.1) is 0 Å². The summed E-state index contributed by atoms with van der Waals surface area (Å²) >= 11 is 0. The lowest BCUT2D eigenvalue weighted by atomic mass is 9.80. The quantitative estimate of drug-likeness (QED) is 0.739. The van der Waals surface area contributed by atoms with Crippen LogP contribution in [-0.4, -0.2) is 17.2 Å². The lowest BCUT2D eigenvalue weighted by molar-refractivity contribution is 0.426. The Hall–Kier alpha value is -1.65. The molecule has 0 aliphatic heterocycles. The number of benzene rings is 2. The van der Waals surface area contributed by atoms with Crippen LogP contribution < -0.4 is 5.46 Å². The van der Waals surface area contributed by atoms with Crippen molar-refractivity contribution in [2.75, 3.05) is 0 Å². The van der Waals surface area contributed by atoms with Gasteiger partial charge in [-0.05, 0) is 28.7 Å². The monoisotopic (exact) mass is 216 g/mol. The van der Waals surface area contributed by atoms with Crippen molar-refractivity contribution in [3.8, 4) is 11.1 Å². The molecule has 0 atom stereocenters. The van der Waals surface area contributed by atoms with Crippen molar-refractivity contribution in [3.05, 3.63) is 54.3 Å². The van der Waals surface area contributed by atoms with Crippen LogP contribution in [-0.2, 0) is 0 Å². The SMILES string of the molecule is OB(O)c1ccc(-c2cccc(F)c2)cc1. The number of hydrogen-bond donors (Lipinski definition) is 2. The Balaban J connectivity index is 2.35. The third-order valence-corrected chi connectivity index (χ3v) is 2.37. The molecule has 0 radical (unpaired) electrons. The van der Waals surface area contributed by atoms with Gasteiger partial charge < -0.3 is 10.0 Å². The van der Waals surface area contributed by atoms with Crippen molar-refractivity contribution in [1.82, 2.24) is 0 Å². The number of hydrogen-bond acceptors (Lipinski definition) is 2. The summed E-state index contributed by atoms with van der Waals surface area (Å²) in [6.45, 7) is 0. The summed E-state index contributed by atoms with van der Waals surface area (Å²) < 4.78 is 13.0. The first kappa shape index (κ1) is 10.9. The van der Waals surface area contributed by atoms with Gasteiger partial charge in [0, 0.05) is 0 Å². The van der Waals surface area contributed by atoms with Crippen LogP contribution in [0.5, 0.6) is 0 Å². The van der Waals surface area contributed by atoms with E-state index >= 15 is 0 Å². The van der Waals surface area contributed by atoms with Crippen LogP contribution >= 0.6 is 0 Å². The van der Waals surface area contributed by atoms with E-state index in [0.29, 0.717) is 5.46 Å². The summed E-state index contributed by atoms with van der Waals surface area (Å²) in [5.41, 5.74) is 2.02. The van der Waals surface area contributed by atoms with Gasteiger partial charge in [-0.15, -0.1) is 0 Å². The molecule has 4 heteroatoms. The van der Waals surface area contributed by atoms with E-state index < -0.39 is 7.12 Å². The Morgan fingerprint density at radius 2 is 1.56 bits per heavy atom. The van der Waals surface area contributed by atoms with Crippen molar-refractivity contribution in [2.45, 2.75) is 0 Å². The third-order valence-electron chi connectivity index (χ3n) is 2.37. The molecule has 2 nitrogen and oxygen atoms in total. The maximum absolute atomic E-state index is 13.0. The van der Waals surface area contributed by atoms with E-state index in [2.05, 4.69) is 0 Å². The maximum atomic E-state index is 13.0. The van der Waals surface area contributed by atoms with Crippen LogP contribution in [0.4, 0.5) is 4.39 Å². The standard InChI is InChI=1S/C12H10BFO2/c14-12-3-1-2-10(8-12)9-4-6-11(7-5-9)13(15)16/h1-8,15-16H. The van der Waals surface area contributed by atoms with E-state index in [0.717, 1.165) is 11.1 Å². The molecule has 0 spiro atoms. The minimum absolute atomic E-state index is 0.288. The Labute approximate surface area is 93.1 Å². The van der Waals surface area contributed by atoms with Crippen molar-refractivity contribution in [3.63, 3.8) is 0 Å². The van der Waals surface area contributed by atoms with Crippen molar-refractivity contribution < 1.29 is 14.4 Å². The van der Waals surface area contributed by atoms with Gasteiger partial charge in [-0.1, -0.05) is 36.4 Å². The fraction of sp³-hybridized carbons (Fsp3) is 0. The van der Waals surface area contributed by atoms with Gasteiger partial charge in [-0.2, -0.15) is 0 Å². The lowest BCUT2D eigenvalue weighted by Crippen LogP contribution is -2.29. The molecule has 0 aromatic heterocycles. The normalized spacial score (nSPS) is 10.2. The zero-order valence-corrected chi connectivity index (χ0v) is 8.47. The van der Waals surface area contributed by atoms with E-state index in [-0.39, 0.29) is 5.82 Å². The van der Waals surface area contributed by atoms with Gasteiger partial charge in [0.15, 0.2) is 0 Å². The van der Waals surface area contributed by atoms with Gasteiger partial charge in [0.25, 0.3) is 0 Å². The van der Waals surface area contributed by atoms with Gasteiger partial charge in [-0.25, -0.2) is 4.39 Å². The molecule has 2 N–H and O–H groups in total. The van der Waals surface area contributed by atoms with Crippen LogP contribution in [0.1, 0.15) is 0 Å². The number of halogens is 1. The number of rotatable bonds is 2. The Kier molecular flexibility index (Phi) is 3.03. The Bertz CT molecular complexity index is 483. The highest BCUT2D eigenvalue weighted by atomic mass is 19.1. The summed E-state index contributed by atoms with van der Waals surface area (Å²) in [6, 6.07) is 12.9. The second-order valence-corrected chi connectivity index (χ2v) is 3.51. The largest absolute Gasteiger partial charge is 0.488 e. The molecule has 0 bridgehead atoms. The van der Waals surface area contributed by atoms with Gasteiger partial charge >= 0.3 is 7.12 Å². The van der Waals surface area contributed by atoms with Crippen LogP contribution in [0, 0.1) is 5.82 Å². The summed E-state index contributed by atoms with van der Waals surface area (Å²) in [5, 5.41) is 17.8. The summed E-state index contributed by atoms with van der Waals surface area (Å²) in [5.74, 6) is -0.288. The van der Waals surface area contributed by atoms with Crippen molar-refractivity contribution >= 4 is 12.6 Å². The molecule has 0 aliphatic carbocycles. The zero-order chi connectivity index (χ0) is 11.5. The molecule has 2 aromatic rings. The smallest absolute Gasteiger partial charge is 0.423 e. The first-order chi connectivity index (χ1) is 7.66. The highest BCUT2D eigenvalue weighted by Crippen LogP contribution is 2.18. The lowest BCUT2D eigenvalue weighted by Gasteiger charge is -2.03. The molecule has 0 saturated carbocycles. The molecule has 2 aromatic carbocycles. The van der Waals surface area contributed by atoms with Crippen LogP contribution in [0.3, 0.4) is 0 Å². The van der Waals surface area contributed by atoms with E-state index in [4.69, 9.17) is 10.0 Å². The van der Waals surface area contributed by atoms with Gasteiger partial charge in [0.1, 0.15) is 5.82 Å². The molecular weight excluding hydrogens is 206 g/mol. The summed E-state index contributed by atoms with van der Waals surface area (Å²) in [7, 11) is -1.47. The topological polar surface area (TPSA) is 40.5 Å². The Morgan fingerprint density at radius 3 is 2.12 bits per heavy atom. The molecule has 0 saturated heterocycles. The van der Waals surface area contributed by atoms with Crippen LogP contribution in [0.15, 0.2) is 48.5 Å².